The summed E-state index contributed by atoms with van der Waals surface area (Å²) in [5, 5.41) is 8.73. The molecule has 0 aliphatic rings. The van der Waals surface area contributed by atoms with Gasteiger partial charge in [0.2, 0.25) is 0 Å². The van der Waals surface area contributed by atoms with Gasteiger partial charge in [-0.25, -0.2) is 4.79 Å². The number of rotatable bonds is 2. The lowest BCUT2D eigenvalue weighted by Gasteiger charge is -2.11. The molecule has 0 spiro atoms. The number of halogens is 3. The maximum Gasteiger partial charge on any atom is 0.416 e. The lowest BCUT2D eigenvalue weighted by molar-refractivity contribution is -0.137. The Kier molecular flexibility index (Phi) is 3.71. The van der Waals surface area contributed by atoms with Gasteiger partial charge in [0.25, 0.3) is 0 Å². The van der Waals surface area contributed by atoms with Crippen LogP contribution in [0.1, 0.15) is 31.8 Å². The summed E-state index contributed by atoms with van der Waals surface area (Å²) >= 11 is 0. The number of nitrogens with zero attached hydrogens (tertiary/aromatic N) is 1. The Bertz CT molecular complexity index is 544. The van der Waals surface area contributed by atoms with Crippen molar-refractivity contribution in [3.05, 3.63) is 34.4 Å². The normalized spacial score (nSPS) is 10.6. The van der Waals surface area contributed by atoms with E-state index in [9.17, 15) is 22.8 Å². The average Bonchev–Trinajstić information content (AvgIpc) is 2.34. The minimum Gasteiger partial charge on any atom is -0.465 e. The fraction of sp³-hybridized carbons (Fsp3) is 0.182. The summed E-state index contributed by atoms with van der Waals surface area (Å²) in [4.78, 5) is 22.0. The summed E-state index contributed by atoms with van der Waals surface area (Å²) in [6, 6.07) is 2.44. The van der Waals surface area contributed by atoms with Crippen molar-refractivity contribution in [2.45, 2.75) is 6.18 Å². The molecule has 0 unspecified atom stereocenters. The number of carbonyl (C=O) groups excluding carboxylic acids is 2. The van der Waals surface area contributed by atoms with Crippen molar-refractivity contribution >= 4 is 12.3 Å². The van der Waals surface area contributed by atoms with Crippen LogP contribution < -0.4 is 0 Å². The van der Waals surface area contributed by atoms with Gasteiger partial charge in [-0.15, -0.1) is 0 Å². The van der Waals surface area contributed by atoms with Gasteiger partial charge >= 0.3 is 12.1 Å². The Balaban J connectivity index is 3.61. The van der Waals surface area contributed by atoms with Crippen molar-refractivity contribution in [1.29, 1.82) is 5.26 Å². The van der Waals surface area contributed by atoms with Crippen LogP contribution in [-0.2, 0) is 10.9 Å². The maximum absolute atomic E-state index is 12.5. The molecule has 1 aromatic rings. The number of carbonyl (C=O) groups is 2. The van der Waals surface area contributed by atoms with Crippen LogP contribution in [-0.4, -0.2) is 19.4 Å². The zero-order valence-corrected chi connectivity index (χ0v) is 9.04. The van der Waals surface area contributed by atoms with Crippen LogP contribution in [0.2, 0.25) is 0 Å². The highest BCUT2D eigenvalue weighted by molar-refractivity contribution is 6.00. The van der Waals surface area contributed by atoms with Gasteiger partial charge in [0, 0.05) is 5.56 Å². The van der Waals surface area contributed by atoms with Crippen molar-refractivity contribution in [1.82, 2.24) is 0 Å². The van der Waals surface area contributed by atoms with Crippen LogP contribution >= 0.6 is 0 Å². The van der Waals surface area contributed by atoms with Crippen molar-refractivity contribution in [3.8, 4) is 6.07 Å². The predicted molar refractivity (Wildman–Crippen MR) is 52.9 cm³/mol. The summed E-state index contributed by atoms with van der Waals surface area (Å²) in [5.41, 5.74) is -2.73. The molecule has 0 aliphatic heterocycles. The molecular weight excluding hydrogens is 251 g/mol. The van der Waals surface area contributed by atoms with E-state index in [4.69, 9.17) is 5.26 Å². The van der Waals surface area contributed by atoms with E-state index in [1.807, 2.05) is 0 Å². The zero-order chi connectivity index (χ0) is 13.9. The lowest BCUT2D eigenvalue weighted by atomic mass is 9.98. The number of esters is 1. The van der Waals surface area contributed by atoms with Crippen molar-refractivity contribution < 1.29 is 27.5 Å². The molecule has 4 nitrogen and oxygen atoms in total. The molecule has 0 bridgehead atoms. The van der Waals surface area contributed by atoms with E-state index in [2.05, 4.69) is 4.74 Å². The Labute approximate surface area is 99.6 Å². The standard InChI is InChI=1S/C11H6F3NO3/c1-18-10(17)9-6(4-15)2-8(11(12,13)14)3-7(9)5-16/h2-3,5H,1H3. The third kappa shape index (κ3) is 2.48. The number of hydrogen-bond donors (Lipinski definition) is 0. The highest BCUT2D eigenvalue weighted by atomic mass is 19.4. The molecule has 0 fully saturated rings. The zero-order valence-electron chi connectivity index (χ0n) is 9.04. The van der Waals surface area contributed by atoms with E-state index in [0.717, 1.165) is 7.11 Å². The molecule has 0 amide bonds. The number of hydrogen-bond acceptors (Lipinski definition) is 4. The van der Waals surface area contributed by atoms with Gasteiger partial charge in [-0.2, -0.15) is 18.4 Å². The average molecular weight is 257 g/mol. The molecule has 18 heavy (non-hydrogen) atoms. The monoisotopic (exact) mass is 257 g/mol. The second kappa shape index (κ2) is 4.87. The van der Waals surface area contributed by atoms with Crippen molar-refractivity contribution in [2.24, 2.45) is 0 Å². The highest BCUT2D eigenvalue weighted by Gasteiger charge is 2.33. The van der Waals surface area contributed by atoms with E-state index in [1.165, 1.54) is 6.07 Å². The number of ether oxygens (including phenoxy) is 1. The minimum atomic E-state index is -4.71. The van der Waals surface area contributed by atoms with Crippen LogP contribution in [0.5, 0.6) is 0 Å². The first kappa shape index (κ1) is 13.7. The van der Waals surface area contributed by atoms with Gasteiger partial charge in [-0.1, -0.05) is 0 Å². The number of nitriles is 1. The molecule has 0 aliphatic carbocycles. The minimum absolute atomic E-state index is 0.0718. The largest absolute Gasteiger partial charge is 0.465 e. The van der Waals surface area contributed by atoms with Crippen LogP contribution in [0.3, 0.4) is 0 Å². The van der Waals surface area contributed by atoms with E-state index in [-0.39, 0.29) is 6.29 Å². The summed E-state index contributed by atoms with van der Waals surface area (Å²) in [5.74, 6) is -1.04. The molecule has 0 radical (unpaired) electrons. The fourth-order valence-electron chi connectivity index (χ4n) is 1.34. The third-order valence-electron chi connectivity index (χ3n) is 2.13. The summed E-state index contributed by atoms with van der Waals surface area (Å²) in [6.07, 6.45) is -4.64. The van der Waals surface area contributed by atoms with E-state index >= 15 is 0 Å². The molecule has 1 aromatic carbocycles. The van der Waals surface area contributed by atoms with Gasteiger partial charge in [0.15, 0.2) is 6.29 Å². The molecule has 1 rings (SSSR count). The summed E-state index contributed by atoms with van der Waals surface area (Å²) in [7, 11) is 0.996. The number of alkyl halides is 3. The quantitative estimate of drug-likeness (QED) is 0.601. The Hall–Kier alpha value is -2.36. The number of methoxy groups -OCH3 is 1. The molecule has 7 heteroatoms. The van der Waals surface area contributed by atoms with Gasteiger partial charge in [-0.05, 0) is 12.1 Å². The molecule has 94 valence electrons. The maximum atomic E-state index is 12.5. The second-order valence-corrected chi connectivity index (χ2v) is 3.21. The first-order chi connectivity index (χ1) is 8.35. The van der Waals surface area contributed by atoms with Crippen LogP contribution in [0.15, 0.2) is 12.1 Å². The first-order valence-corrected chi connectivity index (χ1v) is 4.54. The highest BCUT2D eigenvalue weighted by Crippen LogP contribution is 2.32. The lowest BCUT2D eigenvalue weighted by Crippen LogP contribution is -2.13. The van der Waals surface area contributed by atoms with Crippen molar-refractivity contribution in [3.63, 3.8) is 0 Å². The van der Waals surface area contributed by atoms with E-state index in [1.54, 1.807) is 0 Å². The number of aldehydes is 1. The molecule has 0 saturated carbocycles. The molecule has 0 heterocycles. The molecule has 0 N–H and O–H groups in total. The molecule has 0 saturated heterocycles. The third-order valence-corrected chi connectivity index (χ3v) is 2.13. The van der Waals surface area contributed by atoms with Crippen LogP contribution in [0.4, 0.5) is 13.2 Å². The summed E-state index contributed by atoms with van der Waals surface area (Å²) in [6.45, 7) is 0. The van der Waals surface area contributed by atoms with E-state index in [0.29, 0.717) is 12.1 Å². The van der Waals surface area contributed by atoms with Gasteiger partial charge < -0.3 is 4.74 Å². The second-order valence-electron chi connectivity index (χ2n) is 3.21. The first-order valence-electron chi connectivity index (χ1n) is 4.54. The molecule has 0 atom stereocenters. The van der Waals surface area contributed by atoms with E-state index < -0.39 is 34.4 Å². The van der Waals surface area contributed by atoms with Gasteiger partial charge in [-0.3, -0.25) is 4.79 Å². The fourth-order valence-corrected chi connectivity index (χ4v) is 1.34. The predicted octanol–water partition coefficient (Wildman–Crippen LogP) is 2.18. The molecular formula is C11H6F3NO3. The smallest absolute Gasteiger partial charge is 0.416 e. The van der Waals surface area contributed by atoms with Crippen LogP contribution in [0.25, 0.3) is 0 Å². The Morgan fingerprint density at radius 3 is 2.44 bits per heavy atom. The number of benzene rings is 1. The van der Waals surface area contributed by atoms with Gasteiger partial charge in [0.05, 0.1) is 23.8 Å². The topological polar surface area (TPSA) is 67.2 Å². The Morgan fingerprint density at radius 1 is 1.44 bits per heavy atom. The van der Waals surface area contributed by atoms with Gasteiger partial charge in [0.1, 0.15) is 6.07 Å². The van der Waals surface area contributed by atoms with Crippen LogP contribution in [0, 0.1) is 11.3 Å². The SMILES string of the molecule is COC(=O)c1c(C#N)cc(C(F)(F)F)cc1C=O. The molecule has 0 aromatic heterocycles. The Morgan fingerprint density at radius 2 is 2.06 bits per heavy atom. The van der Waals surface area contributed by atoms with Crippen molar-refractivity contribution in [2.75, 3.05) is 7.11 Å². The summed E-state index contributed by atoms with van der Waals surface area (Å²) < 4.78 is 41.8.